The summed E-state index contributed by atoms with van der Waals surface area (Å²) in [5, 5.41) is 5.74. The molecule has 0 radical (unpaired) electrons. The molecule has 2 aromatic carbocycles. The molecule has 0 aliphatic rings. The van der Waals surface area contributed by atoms with Crippen LogP contribution in [-0.2, 0) is 0 Å². The molecule has 0 bridgehead atoms. The third-order valence-corrected chi connectivity index (χ3v) is 3.51. The second-order valence-corrected chi connectivity index (χ2v) is 5.31. The number of benzene rings is 2. The summed E-state index contributed by atoms with van der Waals surface area (Å²) >= 11 is 5.20. The Balaban J connectivity index is 2.06. The highest BCUT2D eigenvalue weighted by atomic mass is 32.1. The standard InChI is InChI=1S/C18H20N2O4S/c1-4-24-13-10-8-12(9-11-13)19-18(25)20-17(21)16-14(22-2)6-5-7-15(16)23-3/h5-11H,4H2,1-3H3,(H2,19,20,21,25). The first kappa shape index (κ1) is 18.5. The van der Waals surface area contributed by atoms with Crippen LogP contribution in [0.1, 0.15) is 17.3 Å². The molecule has 25 heavy (non-hydrogen) atoms. The van der Waals surface area contributed by atoms with Gasteiger partial charge < -0.3 is 19.5 Å². The average molecular weight is 360 g/mol. The Hall–Kier alpha value is -2.80. The minimum Gasteiger partial charge on any atom is -0.496 e. The second-order valence-electron chi connectivity index (χ2n) is 4.90. The first-order valence-electron chi connectivity index (χ1n) is 7.65. The summed E-state index contributed by atoms with van der Waals surface area (Å²) in [6, 6.07) is 12.4. The van der Waals surface area contributed by atoms with E-state index in [9.17, 15) is 4.79 Å². The van der Waals surface area contributed by atoms with E-state index in [2.05, 4.69) is 10.6 Å². The third kappa shape index (κ3) is 4.84. The molecule has 0 fully saturated rings. The molecule has 7 heteroatoms. The molecule has 0 saturated heterocycles. The number of nitrogens with one attached hydrogen (secondary N) is 2. The Morgan fingerprint density at radius 1 is 1.04 bits per heavy atom. The zero-order valence-corrected chi connectivity index (χ0v) is 15.1. The van der Waals surface area contributed by atoms with Crippen molar-refractivity contribution < 1.29 is 19.0 Å². The van der Waals surface area contributed by atoms with Gasteiger partial charge in [-0.3, -0.25) is 10.1 Å². The molecule has 2 rings (SSSR count). The Morgan fingerprint density at radius 3 is 2.16 bits per heavy atom. The van der Waals surface area contributed by atoms with Crippen LogP contribution < -0.4 is 24.8 Å². The van der Waals surface area contributed by atoms with Crippen molar-refractivity contribution in [2.45, 2.75) is 6.92 Å². The van der Waals surface area contributed by atoms with Gasteiger partial charge in [0.25, 0.3) is 5.91 Å². The van der Waals surface area contributed by atoms with E-state index in [1.54, 1.807) is 18.2 Å². The van der Waals surface area contributed by atoms with E-state index in [1.165, 1.54) is 14.2 Å². The van der Waals surface area contributed by atoms with E-state index >= 15 is 0 Å². The summed E-state index contributed by atoms with van der Waals surface area (Å²) < 4.78 is 15.8. The molecule has 0 aliphatic carbocycles. The van der Waals surface area contributed by atoms with Gasteiger partial charge in [0.05, 0.1) is 20.8 Å². The van der Waals surface area contributed by atoms with Crippen LogP contribution in [0.2, 0.25) is 0 Å². The van der Waals surface area contributed by atoms with Gasteiger partial charge in [-0.25, -0.2) is 0 Å². The highest BCUT2D eigenvalue weighted by molar-refractivity contribution is 7.80. The molecular weight excluding hydrogens is 340 g/mol. The van der Waals surface area contributed by atoms with E-state index in [-0.39, 0.29) is 10.7 Å². The Labute approximate surface area is 152 Å². The highest BCUT2D eigenvalue weighted by Gasteiger charge is 2.19. The van der Waals surface area contributed by atoms with Crippen LogP contribution in [0.4, 0.5) is 5.69 Å². The van der Waals surface area contributed by atoms with Crippen LogP contribution in [0.3, 0.4) is 0 Å². The number of carbonyl (C=O) groups excluding carboxylic acids is 1. The summed E-state index contributed by atoms with van der Waals surface area (Å²) in [6.07, 6.45) is 0. The molecule has 6 nitrogen and oxygen atoms in total. The zero-order chi connectivity index (χ0) is 18.2. The largest absolute Gasteiger partial charge is 0.496 e. The lowest BCUT2D eigenvalue weighted by Crippen LogP contribution is -2.34. The number of thiocarbonyl (C=S) groups is 1. The third-order valence-electron chi connectivity index (χ3n) is 3.31. The van der Waals surface area contributed by atoms with Crippen molar-refractivity contribution in [3.8, 4) is 17.2 Å². The lowest BCUT2D eigenvalue weighted by Gasteiger charge is -2.14. The lowest BCUT2D eigenvalue weighted by atomic mass is 10.1. The molecule has 0 spiro atoms. The number of hydrogen-bond acceptors (Lipinski definition) is 5. The Morgan fingerprint density at radius 2 is 1.64 bits per heavy atom. The van der Waals surface area contributed by atoms with Crippen molar-refractivity contribution in [2.75, 3.05) is 26.1 Å². The van der Waals surface area contributed by atoms with E-state index in [0.717, 1.165) is 11.4 Å². The van der Waals surface area contributed by atoms with Crippen LogP contribution in [0.25, 0.3) is 0 Å². The second kappa shape index (κ2) is 8.89. The van der Waals surface area contributed by atoms with Gasteiger partial charge in [0.1, 0.15) is 22.8 Å². The smallest absolute Gasteiger partial charge is 0.264 e. The number of anilines is 1. The maximum atomic E-state index is 12.5. The van der Waals surface area contributed by atoms with Crippen molar-refractivity contribution in [1.82, 2.24) is 5.32 Å². The van der Waals surface area contributed by atoms with Crippen LogP contribution >= 0.6 is 12.2 Å². The van der Waals surface area contributed by atoms with Crippen LogP contribution in [0.15, 0.2) is 42.5 Å². The molecule has 1 amide bonds. The van der Waals surface area contributed by atoms with Gasteiger partial charge in [0.15, 0.2) is 5.11 Å². The molecular formula is C18H20N2O4S. The minimum absolute atomic E-state index is 0.169. The molecule has 132 valence electrons. The number of amides is 1. The fourth-order valence-electron chi connectivity index (χ4n) is 2.20. The quantitative estimate of drug-likeness (QED) is 0.771. The molecule has 2 N–H and O–H groups in total. The number of hydrogen-bond donors (Lipinski definition) is 2. The predicted octanol–water partition coefficient (Wildman–Crippen LogP) is 3.23. The Kier molecular flexibility index (Phi) is 6.59. The van der Waals surface area contributed by atoms with Crippen LogP contribution in [0, 0.1) is 0 Å². The molecule has 0 aliphatic heterocycles. The molecule has 0 heterocycles. The van der Waals surface area contributed by atoms with Gasteiger partial charge in [0, 0.05) is 5.69 Å². The fourth-order valence-corrected chi connectivity index (χ4v) is 2.41. The maximum Gasteiger partial charge on any atom is 0.264 e. The fraction of sp³-hybridized carbons (Fsp3) is 0.222. The molecule has 0 aromatic heterocycles. The summed E-state index contributed by atoms with van der Waals surface area (Å²) in [5.74, 6) is 1.15. The van der Waals surface area contributed by atoms with Gasteiger partial charge in [-0.15, -0.1) is 0 Å². The van der Waals surface area contributed by atoms with Crippen molar-refractivity contribution in [1.29, 1.82) is 0 Å². The van der Waals surface area contributed by atoms with Crippen molar-refractivity contribution in [3.63, 3.8) is 0 Å². The zero-order valence-electron chi connectivity index (χ0n) is 14.3. The highest BCUT2D eigenvalue weighted by Crippen LogP contribution is 2.28. The molecule has 0 unspecified atom stereocenters. The predicted molar refractivity (Wildman–Crippen MR) is 101 cm³/mol. The topological polar surface area (TPSA) is 68.8 Å². The number of methoxy groups -OCH3 is 2. The van der Waals surface area contributed by atoms with Gasteiger partial charge in [-0.05, 0) is 55.5 Å². The van der Waals surface area contributed by atoms with Crippen LogP contribution in [-0.4, -0.2) is 31.8 Å². The first-order chi connectivity index (χ1) is 12.1. The average Bonchev–Trinajstić information content (AvgIpc) is 2.62. The molecule has 2 aromatic rings. The van der Waals surface area contributed by atoms with E-state index in [4.69, 9.17) is 26.4 Å². The van der Waals surface area contributed by atoms with Crippen molar-refractivity contribution in [3.05, 3.63) is 48.0 Å². The SMILES string of the molecule is CCOc1ccc(NC(=S)NC(=O)c2c(OC)cccc2OC)cc1. The van der Waals surface area contributed by atoms with E-state index in [0.29, 0.717) is 18.1 Å². The lowest BCUT2D eigenvalue weighted by molar-refractivity contribution is 0.0971. The Bertz CT molecular complexity index is 725. The summed E-state index contributed by atoms with van der Waals surface area (Å²) in [4.78, 5) is 12.5. The first-order valence-corrected chi connectivity index (χ1v) is 8.06. The maximum absolute atomic E-state index is 12.5. The van der Waals surface area contributed by atoms with Crippen molar-refractivity contribution in [2.24, 2.45) is 0 Å². The van der Waals surface area contributed by atoms with Crippen LogP contribution in [0.5, 0.6) is 17.2 Å². The summed E-state index contributed by atoms with van der Waals surface area (Å²) in [6.45, 7) is 2.52. The molecule has 0 atom stereocenters. The monoisotopic (exact) mass is 360 g/mol. The number of ether oxygens (including phenoxy) is 3. The summed E-state index contributed by atoms with van der Waals surface area (Å²) in [7, 11) is 2.98. The number of carbonyl (C=O) groups is 1. The molecule has 0 saturated carbocycles. The van der Waals surface area contributed by atoms with E-state index in [1.807, 2.05) is 31.2 Å². The summed E-state index contributed by atoms with van der Waals surface area (Å²) in [5.41, 5.74) is 1.02. The van der Waals surface area contributed by atoms with Gasteiger partial charge >= 0.3 is 0 Å². The normalized spacial score (nSPS) is 9.88. The number of rotatable bonds is 6. The van der Waals surface area contributed by atoms with Crippen molar-refractivity contribution >= 4 is 28.9 Å². The minimum atomic E-state index is -0.419. The van der Waals surface area contributed by atoms with E-state index < -0.39 is 5.91 Å². The van der Waals surface area contributed by atoms with Gasteiger partial charge in [-0.1, -0.05) is 6.07 Å². The van der Waals surface area contributed by atoms with Gasteiger partial charge in [-0.2, -0.15) is 0 Å². The van der Waals surface area contributed by atoms with Gasteiger partial charge in [0.2, 0.25) is 0 Å².